The molecule has 0 radical (unpaired) electrons. The number of nitrogens with zero attached hydrogens (tertiary/aromatic N) is 6. The number of rotatable bonds is 6. The minimum Gasteiger partial charge on any atom is -0.335 e. The number of aromatic nitrogens is 8. The van der Waals surface area contributed by atoms with E-state index in [4.69, 9.17) is 4.98 Å². The van der Waals surface area contributed by atoms with Crippen molar-refractivity contribution >= 4 is 33.5 Å². The van der Waals surface area contributed by atoms with Crippen LogP contribution in [0.3, 0.4) is 0 Å². The first-order valence-corrected chi connectivity index (χ1v) is 11.9. The molecule has 0 aliphatic heterocycles. The van der Waals surface area contributed by atoms with Crippen LogP contribution in [0.25, 0.3) is 55.8 Å². The highest BCUT2D eigenvalue weighted by molar-refractivity contribution is 5.97. The molecule has 6 rings (SSSR count). The smallest absolute Gasteiger partial charge is 0.224 e. The van der Waals surface area contributed by atoms with Gasteiger partial charge in [-0.2, -0.15) is 5.10 Å². The Labute approximate surface area is 211 Å². The molecule has 6 heterocycles. The van der Waals surface area contributed by atoms with Crippen molar-refractivity contribution in [3.8, 4) is 33.9 Å². The van der Waals surface area contributed by atoms with Crippen molar-refractivity contribution in [2.75, 3.05) is 5.32 Å². The molecule has 0 bridgehead atoms. The van der Waals surface area contributed by atoms with Crippen LogP contribution in [0.1, 0.15) is 20.3 Å². The van der Waals surface area contributed by atoms with Crippen LogP contribution in [0.5, 0.6) is 0 Å². The van der Waals surface area contributed by atoms with Crippen LogP contribution in [0, 0.1) is 5.92 Å². The van der Waals surface area contributed by atoms with Crippen molar-refractivity contribution in [1.82, 2.24) is 40.1 Å². The second kappa shape index (κ2) is 9.23. The van der Waals surface area contributed by atoms with Gasteiger partial charge in [0.25, 0.3) is 0 Å². The molecule has 0 aromatic carbocycles. The molecular weight excluding hydrogens is 466 g/mol. The number of carbonyl (C=O) groups is 1. The second-order valence-corrected chi connectivity index (χ2v) is 9.21. The van der Waals surface area contributed by atoms with Gasteiger partial charge in [-0.15, -0.1) is 0 Å². The van der Waals surface area contributed by atoms with Crippen LogP contribution in [0.2, 0.25) is 0 Å². The molecule has 6 aromatic rings. The Bertz CT molecular complexity index is 1740. The average Bonchev–Trinajstić information content (AvgIpc) is 3.52. The molecule has 10 heteroatoms. The fraction of sp³-hybridized carbons (Fsp3) is 0.148. The third kappa shape index (κ3) is 4.40. The Kier molecular flexibility index (Phi) is 5.61. The Morgan fingerprint density at radius 1 is 0.973 bits per heavy atom. The highest BCUT2D eigenvalue weighted by atomic mass is 16.1. The van der Waals surface area contributed by atoms with E-state index >= 15 is 0 Å². The molecule has 0 unspecified atom stereocenters. The third-order valence-corrected chi connectivity index (χ3v) is 5.95. The summed E-state index contributed by atoms with van der Waals surface area (Å²) < 4.78 is 0. The van der Waals surface area contributed by atoms with Gasteiger partial charge in [-0.1, -0.05) is 19.9 Å². The van der Waals surface area contributed by atoms with Gasteiger partial charge < -0.3 is 10.3 Å². The number of hydrogen-bond donors (Lipinski definition) is 3. The quantitative estimate of drug-likeness (QED) is 0.299. The zero-order valence-corrected chi connectivity index (χ0v) is 20.2. The van der Waals surface area contributed by atoms with E-state index in [2.05, 4.69) is 40.4 Å². The molecule has 0 atom stereocenters. The first kappa shape index (κ1) is 22.5. The molecular formula is C27H23N9O. The van der Waals surface area contributed by atoms with Crippen molar-refractivity contribution in [3.05, 3.63) is 67.6 Å². The highest BCUT2D eigenvalue weighted by Crippen LogP contribution is 2.32. The van der Waals surface area contributed by atoms with Gasteiger partial charge in [0.1, 0.15) is 11.2 Å². The predicted molar refractivity (Wildman–Crippen MR) is 141 cm³/mol. The van der Waals surface area contributed by atoms with Gasteiger partial charge in [-0.25, -0.2) is 4.98 Å². The van der Waals surface area contributed by atoms with Crippen LogP contribution >= 0.6 is 0 Å². The molecule has 0 spiro atoms. The van der Waals surface area contributed by atoms with Gasteiger partial charge in [0.2, 0.25) is 5.91 Å². The summed E-state index contributed by atoms with van der Waals surface area (Å²) in [6.45, 7) is 4.02. The maximum Gasteiger partial charge on any atom is 0.224 e. The fourth-order valence-electron chi connectivity index (χ4n) is 4.26. The summed E-state index contributed by atoms with van der Waals surface area (Å²) in [5, 5.41) is 11.3. The first-order valence-electron chi connectivity index (χ1n) is 11.9. The maximum absolute atomic E-state index is 12.2. The minimum absolute atomic E-state index is 0.0421. The van der Waals surface area contributed by atoms with Crippen molar-refractivity contribution in [3.63, 3.8) is 0 Å². The largest absolute Gasteiger partial charge is 0.335 e. The molecule has 6 aromatic heterocycles. The second-order valence-electron chi connectivity index (χ2n) is 9.21. The summed E-state index contributed by atoms with van der Waals surface area (Å²) in [5.41, 5.74) is 6.97. The number of hydrogen-bond acceptors (Lipinski definition) is 7. The monoisotopic (exact) mass is 489 g/mol. The molecule has 0 saturated carbocycles. The normalized spacial score (nSPS) is 11.4. The number of amides is 1. The van der Waals surface area contributed by atoms with Crippen LogP contribution < -0.4 is 5.32 Å². The topological polar surface area (TPSA) is 138 Å². The Hall–Kier alpha value is -4.99. The van der Waals surface area contributed by atoms with E-state index in [9.17, 15) is 4.79 Å². The lowest BCUT2D eigenvalue weighted by molar-refractivity contribution is -0.116. The summed E-state index contributed by atoms with van der Waals surface area (Å²) in [4.78, 5) is 37.9. The summed E-state index contributed by atoms with van der Waals surface area (Å²) in [5.74, 6) is 0.845. The van der Waals surface area contributed by atoms with Crippen molar-refractivity contribution in [2.24, 2.45) is 5.92 Å². The molecule has 0 saturated heterocycles. The number of nitrogens with one attached hydrogen (secondary N) is 3. The lowest BCUT2D eigenvalue weighted by atomic mass is 10.1. The first-order chi connectivity index (χ1) is 18.0. The summed E-state index contributed by atoms with van der Waals surface area (Å²) >= 11 is 0. The maximum atomic E-state index is 12.2. The summed E-state index contributed by atoms with van der Waals surface area (Å²) in [7, 11) is 0. The molecule has 0 aliphatic carbocycles. The van der Waals surface area contributed by atoms with E-state index in [1.54, 1.807) is 43.4 Å². The van der Waals surface area contributed by atoms with Gasteiger partial charge in [-0.3, -0.25) is 29.8 Å². The fourth-order valence-corrected chi connectivity index (χ4v) is 4.26. The van der Waals surface area contributed by atoms with Crippen LogP contribution in [0.15, 0.2) is 67.6 Å². The van der Waals surface area contributed by atoms with E-state index in [0.29, 0.717) is 29.3 Å². The molecule has 0 aliphatic rings. The minimum atomic E-state index is -0.0421. The molecule has 10 nitrogen and oxygen atoms in total. The number of fused-ring (bicyclic) bond motifs is 2. The number of aromatic amines is 2. The Balaban J connectivity index is 1.38. The Morgan fingerprint density at radius 3 is 2.68 bits per heavy atom. The molecule has 1 amide bonds. The van der Waals surface area contributed by atoms with Crippen LogP contribution in [-0.4, -0.2) is 46.0 Å². The highest BCUT2D eigenvalue weighted by Gasteiger charge is 2.17. The van der Waals surface area contributed by atoms with Gasteiger partial charge in [0.05, 0.1) is 41.0 Å². The standard InChI is InChI=1S/C27H23N9O/c1-15(2)6-24(37)32-18-7-17(10-29-11-18)21-8-19-22(14-31-21)35-36-26(19)27-33-23-13-30-12-20(25(23)34-27)16-4-3-5-28-9-16/h3-5,7-15H,6H2,1-2H3,(H,32,37)(H,33,34)(H,35,36). The lowest BCUT2D eigenvalue weighted by Gasteiger charge is -2.08. The SMILES string of the molecule is CC(C)CC(=O)Nc1cncc(-c2cc3c(-c4nc5c(-c6cccnc6)cncc5[nH]4)n[nH]c3cn2)c1. The molecule has 182 valence electrons. The van der Waals surface area contributed by atoms with Gasteiger partial charge >= 0.3 is 0 Å². The zero-order valence-electron chi connectivity index (χ0n) is 20.2. The van der Waals surface area contributed by atoms with E-state index in [0.717, 1.165) is 38.6 Å². The number of H-pyrrole nitrogens is 2. The van der Waals surface area contributed by atoms with Crippen LogP contribution in [0.4, 0.5) is 5.69 Å². The van der Waals surface area contributed by atoms with Gasteiger partial charge in [0, 0.05) is 53.3 Å². The van der Waals surface area contributed by atoms with E-state index < -0.39 is 0 Å². The Morgan fingerprint density at radius 2 is 1.84 bits per heavy atom. The predicted octanol–water partition coefficient (Wildman–Crippen LogP) is 5.00. The number of pyridine rings is 4. The summed E-state index contributed by atoms with van der Waals surface area (Å²) in [6.07, 6.45) is 12.6. The number of imidazole rings is 1. The average molecular weight is 490 g/mol. The van der Waals surface area contributed by atoms with Crippen LogP contribution in [-0.2, 0) is 4.79 Å². The van der Waals surface area contributed by atoms with Crippen molar-refractivity contribution in [2.45, 2.75) is 20.3 Å². The molecule has 3 N–H and O–H groups in total. The van der Waals surface area contributed by atoms with E-state index in [1.807, 2.05) is 38.1 Å². The molecule has 37 heavy (non-hydrogen) atoms. The number of carbonyl (C=O) groups excluding carboxylic acids is 1. The third-order valence-electron chi connectivity index (χ3n) is 5.95. The van der Waals surface area contributed by atoms with Gasteiger partial charge in [-0.05, 0) is 24.1 Å². The van der Waals surface area contributed by atoms with Gasteiger partial charge in [0.15, 0.2) is 5.82 Å². The lowest BCUT2D eigenvalue weighted by Crippen LogP contribution is -2.13. The summed E-state index contributed by atoms with van der Waals surface area (Å²) in [6, 6.07) is 7.68. The molecule has 0 fully saturated rings. The zero-order chi connectivity index (χ0) is 25.4. The number of anilines is 1. The van der Waals surface area contributed by atoms with Crippen molar-refractivity contribution < 1.29 is 4.79 Å². The van der Waals surface area contributed by atoms with Crippen molar-refractivity contribution in [1.29, 1.82) is 0 Å². The van der Waals surface area contributed by atoms with E-state index in [1.165, 1.54) is 0 Å². The van der Waals surface area contributed by atoms with E-state index in [-0.39, 0.29) is 11.8 Å².